The van der Waals surface area contributed by atoms with Crippen molar-refractivity contribution in [1.82, 2.24) is 14.4 Å². The molecule has 0 radical (unpaired) electrons. The van der Waals surface area contributed by atoms with Crippen molar-refractivity contribution in [1.29, 1.82) is 0 Å². The van der Waals surface area contributed by atoms with Crippen LogP contribution in [0.25, 0.3) is 0 Å². The first-order chi connectivity index (χ1) is 17.1. The third-order valence-corrected chi connectivity index (χ3v) is 7.61. The van der Waals surface area contributed by atoms with Crippen LogP contribution in [0.15, 0.2) is 34.9 Å². The van der Waals surface area contributed by atoms with Crippen molar-refractivity contribution in [3.63, 3.8) is 0 Å². The first-order valence-corrected chi connectivity index (χ1v) is 13.2. The molecule has 8 heteroatoms. The maximum absolute atomic E-state index is 13.1. The van der Waals surface area contributed by atoms with E-state index in [0.29, 0.717) is 63.9 Å². The number of hydrogen-bond donors (Lipinski definition) is 0. The fraction of sp³-hybridized carbons (Fsp3) is 0.630. The van der Waals surface area contributed by atoms with Gasteiger partial charge in [-0.15, -0.1) is 0 Å². The molecule has 0 unspecified atom stereocenters. The number of likely N-dealkylation sites (tertiary alicyclic amines) is 1. The van der Waals surface area contributed by atoms with Gasteiger partial charge in [0.1, 0.15) is 5.76 Å². The summed E-state index contributed by atoms with van der Waals surface area (Å²) in [4.78, 5) is 29.9. The number of carbonyl (C=O) groups excluding carboxylic acids is 2. The Morgan fingerprint density at radius 3 is 2.54 bits per heavy atom. The van der Waals surface area contributed by atoms with Crippen LogP contribution >= 0.6 is 0 Å². The quantitative estimate of drug-likeness (QED) is 0.566. The van der Waals surface area contributed by atoms with Crippen molar-refractivity contribution in [3.8, 4) is 0 Å². The Hall–Kier alpha value is -2.58. The molecule has 190 valence electrons. The lowest BCUT2D eigenvalue weighted by atomic mass is 10.0. The standard InChI is InChI=1S/C27H37N3O5/c1-2-13-30(25(31)21-6-3-4-7-21)19-22-8-5-14-29(22)20-23-9-10-24(35-23)26(32)28-15-11-27(12-16-28)33-17-18-34-27/h5,8-10,14,21H,2-4,6-7,11-13,15-20H2,1H3. The normalized spacial score (nSPS) is 20.1. The Morgan fingerprint density at radius 1 is 1.09 bits per heavy atom. The lowest BCUT2D eigenvalue weighted by molar-refractivity contribution is -0.181. The summed E-state index contributed by atoms with van der Waals surface area (Å²) in [5.74, 6) is 0.974. The molecule has 2 aromatic heterocycles. The van der Waals surface area contributed by atoms with E-state index in [1.807, 2.05) is 28.1 Å². The van der Waals surface area contributed by atoms with Crippen molar-refractivity contribution in [2.75, 3.05) is 32.8 Å². The summed E-state index contributed by atoms with van der Waals surface area (Å²) in [6.07, 6.45) is 8.68. The maximum Gasteiger partial charge on any atom is 0.289 e. The molecule has 0 bridgehead atoms. The molecule has 2 saturated heterocycles. The third kappa shape index (κ3) is 5.33. The second-order valence-corrected chi connectivity index (χ2v) is 10.0. The fourth-order valence-corrected chi connectivity index (χ4v) is 5.65. The van der Waals surface area contributed by atoms with E-state index in [-0.39, 0.29) is 11.8 Å². The van der Waals surface area contributed by atoms with Crippen LogP contribution in [-0.4, -0.2) is 64.8 Å². The van der Waals surface area contributed by atoms with Gasteiger partial charge in [0.2, 0.25) is 5.91 Å². The largest absolute Gasteiger partial charge is 0.454 e. The van der Waals surface area contributed by atoms with Gasteiger partial charge in [0.15, 0.2) is 11.5 Å². The Kier molecular flexibility index (Phi) is 7.29. The maximum atomic E-state index is 13.1. The van der Waals surface area contributed by atoms with Crippen molar-refractivity contribution in [3.05, 3.63) is 47.7 Å². The van der Waals surface area contributed by atoms with Gasteiger partial charge in [0, 0.05) is 50.3 Å². The molecule has 8 nitrogen and oxygen atoms in total. The smallest absolute Gasteiger partial charge is 0.289 e. The summed E-state index contributed by atoms with van der Waals surface area (Å²) in [6, 6.07) is 7.71. The minimum atomic E-state index is -0.499. The minimum Gasteiger partial charge on any atom is -0.454 e. The molecule has 5 rings (SSSR count). The monoisotopic (exact) mass is 483 g/mol. The number of rotatable bonds is 8. The zero-order chi connectivity index (χ0) is 24.3. The first-order valence-electron chi connectivity index (χ1n) is 13.2. The second kappa shape index (κ2) is 10.6. The molecule has 3 fully saturated rings. The summed E-state index contributed by atoms with van der Waals surface area (Å²) in [7, 11) is 0. The van der Waals surface area contributed by atoms with Crippen LogP contribution in [0.5, 0.6) is 0 Å². The summed E-state index contributed by atoms with van der Waals surface area (Å²) in [5.41, 5.74) is 1.08. The third-order valence-electron chi connectivity index (χ3n) is 7.61. The highest BCUT2D eigenvalue weighted by molar-refractivity contribution is 5.91. The zero-order valence-corrected chi connectivity index (χ0v) is 20.7. The van der Waals surface area contributed by atoms with Gasteiger partial charge in [-0.05, 0) is 43.5 Å². The highest BCUT2D eigenvalue weighted by Gasteiger charge is 2.41. The van der Waals surface area contributed by atoms with Crippen LogP contribution in [0.4, 0.5) is 0 Å². The second-order valence-electron chi connectivity index (χ2n) is 10.0. The SMILES string of the molecule is CCCN(Cc1cccn1Cc1ccc(C(=O)N2CCC3(CC2)OCCO3)o1)C(=O)C1CCCC1. The Labute approximate surface area is 207 Å². The summed E-state index contributed by atoms with van der Waals surface area (Å²) in [6.45, 7) is 6.46. The lowest BCUT2D eigenvalue weighted by Crippen LogP contribution is -2.47. The zero-order valence-electron chi connectivity index (χ0n) is 20.7. The summed E-state index contributed by atoms with van der Waals surface area (Å²) in [5, 5.41) is 0. The molecular formula is C27H37N3O5. The van der Waals surface area contributed by atoms with Crippen molar-refractivity contribution in [2.45, 2.75) is 70.7 Å². The van der Waals surface area contributed by atoms with E-state index in [1.165, 1.54) is 0 Å². The molecule has 1 aliphatic carbocycles. The van der Waals surface area contributed by atoms with Gasteiger partial charge in [-0.1, -0.05) is 19.8 Å². The van der Waals surface area contributed by atoms with Gasteiger partial charge in [-0.25, -0.2) is 0 Å². The molecule has 2 aliphatic heterocycles. The number of nitrogens with zero attached hydrogens (tertiary/aromatic N) is 3. The summed E-state index contributed by atoms with van der Waals surface area (Å²) < 4.78 is 19.6. The number of amides is 2. The first kappa shape index (κ1) is 24.1. The average molecular weight is 484 g/mol. The molecule has 0 N–H and O–H groups in total. The predicted molar refractivity (Wildman–Crippen MR) is 130 cm³/mol. The lowest BCUT2D eigenvalue weighted by Gasteiger charge is -2.37. The van der Waals surface area contributed by atoms with E-state index in [2.05, 4.69) is 17.6 Å². The van der Waals surface area contributed by atoms with E-state index in [1.54, 1.807) is 6.07 Å². The molecule has 2 aromatic rings. The van der Waals surface area contributed by atoms with E-state index in [0.717, 1.165) is 50.1 Å². The van der Waals surface area contributed by atoms with Crippen LogP contribution in [0, 0.1) is 5.92 Å². The number of hydrogen-bond acceptors (Lipinski definition) is 5. The van der Waals surface area contributed by atoms with E-state index >= 15 is 0 Å². The number of carbonyl (C=O) groups is 2. The van der Waals surface area contributed by atoms with Gasteiger partial charge < -0.3 is 28.3 Å². The number of piperidine rings is 1. The van der Waals surface area contributed by atoms with E-state index < -0.39 is 5.79 Å². The van der Waals surface area contributed by atoms with E-state index in [4.69, 9.17) is 13.9 Å². The predicted octanol–water partition coefficient (Wildman–Crippen LogP) is 4.04. The minimum absolute atomic E-state index is 0.0897. The van der Waals surface area contributed by atoms with Gasteiger partial charge in [0.05, 0.1) is 26.3 Å². The van der Waals surface area contributed by atoms with Crippen LogP contribution < -0.4 is 0 Å². The molecule has 0 atom stereocenters. The van der Waals surface area contributed by atoms with Gasteiger partial charge in [0.25, 0.3) is 5.91 Å². The molecule has 2 amide bonds. The highest BCUT2D eigenvalue weighted by atomic mass is 16.7. The molecule has 1 spiro atoms. The topological polar surface area (TPSA) is 77.2 Å². The van der Waals surface area contributed by atoms with Gasteiger partial charge in [-0.2, -0.15) is 0 Å². The van der Waals surface area contributed by atoms with Crippen molar-refractivity contribution >= 4 is 11.8 Å². The van der Waals surface area contributed by atoms with Crippen LogP contribution in [0.3, 0.4) is 0 Å². The van der Waals surface area contributed by atoms with E-state index in [9.17, 15) is 9.59 Å². The van der Waals surface area contributed by atoms with Gasteiger partial charge >= 0.3 is 0 Å². The van der Waals surface area contributed by atoms with Gasteiger partial charge in [-0.3, -0.25) is 9.59 Å². The number of aromatic nitrogens is 1. The van der Waals surface area contributed by atoms with Crippen LogP contribution in [-0.2, 0) is 27.4 Å². The summed E-state index contributed by atoms with van der Waals surface area (Å²) >= 11 is 0. The molecule has 0 aromatic carbocycles. The molecule has 3 aliphatic rings. The van der Waals surface area contributed by atoms with Crippen LogP contribution in [0.1, 0.15) is 73.9 Å². The fourth-order valence-electron chi connectivity index (χ4n) is 5.65. The Balaban J connectivity index is 1.20. The molecular weight excluding hydrogens is 446 g/mol. The molecule has 4 heterocycles. The number of ether oxygens (including phenoxy) is 2. The van der Waals surface area contributed by atoms with Crippen LogP contribution in [0.2, 0.25) is 0 Å². The molecule has 1 saturated carbocycles. The number of furan rings is 1. The Morgan fingerprint density at radius 2 is 1.83 bits per heavy atom. The average Bonchev–Trinajstić information content (AvgIpc) is 3.68. The van der Waals surface area contributed by atoms with Crippen molar-refractivity contribution < 1.29 is 23.5 Å². The van der Waals surface area contributed by atoms with Crippen molar-refractivity contribution in [2.24, 2.45) is 5.92 Å². The molecule has 35 heavy (non-hydrogen) atoms. The Bertz CT molecular complexity index is 1010. The highest BCUT2D eigenvalue weighted by Crippen LogP contribution is 2.32.